The minimum Gasteiger partial charge on any atom is -0.300 e. The van der Waals surface area contributed by atoms with Gasteiger partial charge in [-0.15, -0.1) is 11.3 Å². The number of sulfonamides is 1. The Labute approximate surface area is 171 Å². The van der Waals surface area contributed by atoms with E-state index in [1.54, 1.807) is 6.07 Å². The van der Waals surface area contributed by atoms with Gasteiger partial charge in [-0.2, -0.15) is 13.2 Å². The summed E-state index contributed by atoms with van der Waals surface area (Å²) in [6.07, 6.45) is -1.81. The molecule has 154 valence electrons. The summed E-state index contributed by atoms with van der Waals surface area (Å²) in [7, 11) is -3.65. The third-order valence-electron chi connectivity index (χ3n) is 5.32. The molecule has 3 rings (SSSR count). The predicted octanol–water partition coefficient (Wildman–Crippen LogP) is 4.70. The van der Waals surface area contributed by atoms with Crippen LogP contribution in [0.5, 0.6) is 0 Å². The number of alkyl halides is 5. The lowest BCUT2D eigenvalue weighted by Gasteiger charge is -2.36. The summed E-state index contributed by atoms with van der Waals surface area (Å²) in [6, 6.07) is 2.98. The number of likely N-dealkylation sites (tertiary alicyclic amines) is 1. The highest BCUT2D eigenvalue weighted by molar-refractivity contribution is 7.91. The van der Waals surface area contributed by atoms with Gasteiger partial charge in [-0.25, -0.2) is 13.1 Å². The van der Waals surface area contributed by atoms with Gasteiger partial charge < -0.3 is 4.90 Å². The van der Waals surface area contributed by atoms with Gasteiger partial charge >= 0.3 is 6.18 Å². The molecule has 4 nitrogen and oxygen atoms in total. The summed E-state index contributed by atoms with van der Waals surface area (Å²) in [5.74, 6) is -1.22. The van der Waals surface area contributed by atoms with Crippen LogP contribution in [0.2, 0.25) is 0 Å². The molecule has 2 unspecified atom stereocenters. The van der Waals surface area contributed by atoms with Crippen LogP contribution in [0.15, 0.2) is 16.3 Å². The van der Waals surface area contributed by atoms with Crippen LogP contribution in [0.3, 0.4) is 0 Å². The van der Waals surface area contributed by atoms with Gasteiger partial charge in [0.25, 0.3) is 0 Å². The maximum atomic E-state index is 12.8. The van der Waals surface area contributed by atoms with Crippen LogP contribution in [0.1, 0.15) is 41.8 Å². The van der Waals surface area contributed by atoms with Crippen molar-refractivity contribution >= 4 is 44.6 Å². The first-order valence-electron chi connectivity index (χ1n) is 8.77. The fourth-order valence-electron chi connectivity index (χ4n) is 3.86. The molecule has 0 bridgehead atoms. The minimum atomic E-state index is -4.12. The first kappa shape index (κ1) is 21.6. The standard InChI is InChI=1S/C16H21Cl2F3N2O2S2/c17-15(18)13-3-4-14(26-13)27(24,25)22-11-1-2-12(9-11)23-7-5-10(6-8-23)16(19,20)21/h3-4,10-12,15,22H,1-2,5-9H2. The molecule has 27 heavy (non-hydrogen) atoms. The molecule has 2 aliphatic rings. The molecule has 0 spiro atoms. The van der Waals surface area contributed by atoms with E-state index in [0.29, 0.717) is 30.8 Å². The van der Waals surface area contributed by atoms with E-state index in [9.17, 15) is 21.6 Å². The Morgan fingerprint density at radius 1 is 1.15 bits per heavy atom. The van der Waals surface area contributed by atoms with Crippen LogP contribution < -0.4 is 4.72 Å². The number of piperidine rings is 1. The predicted molar refractivity (Wildman–Crippen MR) is 101 cm³/mol. The Morgan fingerprint density at radius 2 is 1.81 bits per heavy atom. The second-order valence-corrected chi connectivity index (χ2v) is 11.2. The first-order valence-corrected chi connectivity index (χ1v) is 11.9. The largest absolute Gasteiger partial charge is 0.391 e. The second kappa shape index (κ2) is 8.36. The molecular weight excluding hydrogens is 444 g/mol. The van der Waals surface area contributed by atoms with Gasteiger partial charge in [0.05, 0.1) is 5.92 Å². The lowest BCUT2D eigenvalue weighted by atomic mass is 9.95. The van der Waals surface area contributed by atoms with Crippen molar-refractivity contribution in [2.24, 2.45) is 5.92 Å². The van der Waals surface area contributed by atoms with E-state index in [0.717, 1.165) is 17.8 Å². The summed E-state index contributed by atoms with van der Waals surface area (Å²) in [6.45, 7) is 0.824. The van der Waals surface area contributed by atoms with Crippen molar-refractivity contribution in [2.75, 3.05) is 13.1 Å². The fraction of sp³-hybridized carbons (Fsp3) is 0.750. The molecule has 0 aromatic carbocycles. The van der Waals surface area contributed by atoms with E-state index in [1.165, 1.54) is 6.07 Å². The van der Waals surface area contributed by atoms with Crippen LogP contribution in [-0.4, -0.2) is 44.7 Å². The normalized spacial score (nSPS) is 26.1. The molecule has 1 saturated carbocycles. The van der Waals surface area contributed by atoms with Crippen molar-refractivity contribution in [3.05, 3.63) is 17.0 Å². The molecule has 1 N–H and O–H groups in total. The lowest BCUT2D eigenvalue weighted by molar-refractivity contribution is -0.186. The van der Waals surface area contributed by atoms with Crippen LogP contribution >= 0.6 is 34.5 Å². The zero-order chi connectivity index (χ0) is 19.8. The highest BCUT2D eigenvalue weighted by Crippen LogP contribution is 2.37. The molecule has 11 heteroatoms. The number of halogens is 5. The van der Waals surface area contributed by atoms with Crippen LogP contribution in [0.4, 0.5) is 13.2 Å². The smallest absolute Gasteiger partial charge is 0.300 e. The average molecular weight is 465 g/mol. The van der Waals surface area contributed by atoms with Gasteiger partial charge in [-0.05, 0) is 57.3 Å². The van der Waals surface area contributed by atoms with E-state index in [4.69, 9.17) is 23.2 Å². The average Bonchev–Trinajstić information content (AvgIpc) is 3.23. The number of nitrogens with zero attached hydrogens (tertiary/aromatic N) is 1. The van der Waals surface area contributed by atoms with Gasteiger partial charge in [0.15, 0.2) is 0 Å². The Kier molecular flexibility index (Phi) is 6.70. The number of nitrogens with one attached hydrogen (secondary N) is 1. The van der Waals surface area contributed by atoms with E-state index in [-0.39, 0.29) is 29.1 Å². The number of hydrogen-bond donors (Lipinski definition) is 1. The van der Waals surface area contributed by atoms with Gasteiger partial charge in [0, 0.05) is 17.0 Å². The number of hydrogen-bond acceptors (Lipinski definition) is 4. The Balaban J connectivity index is 1.54. The zero-order valence-electron chi connectivity index (χ0n) is 14.4. The van der Waals surface area contributed by atoms with Crippen molar-refractivity contribution in [3.63, 3.8) is 0 Å². The van der Waals surface area contributed by atoms with Crippen molar-refractivity contribution < 1.29 is 21.6 Å². The number of thiophene rings is 1. The molecule has 1 aliphatic heterocycles. The molecule has 0 amide bonds. The summed E-state index contributed by atoms with van der Waals surface area (Å²) in [5.41, 5.74) is 0. The second-order valence-electron chi connectivity index (χ2n) is 7.09. The Morgan fingerprint density at radius 3 is 2.37 bits per heavy atom. The maximum Gasteiger partial charge on any atom is 0.391 e. The van der Waals surface area contributed by atoms with E-state index in [1.807, 2.05) is 0 Å². The molecule has 2 heterocycles. The summed E-state index contributed by atoms with van der Waals surface area (Å²) < 4.78 is 66.3. The summed E-state index contributed by atoms with van der Waals surface area (Å²) in [5, 5.41) is 0. The molecule has 1 aromatic rings. The first-order chi connectivity index (χ1) is 12.6. The Bertz CT molecular complexity index is 747. The van der Waals surface area contributed by atoms with Crippen LogP contribution in [0.25, 0.3) is 0 Å². The minimum absolute atomic E-state index is 0.117. The molecule has 1 saturated heterocycles. The summed E-state index contributed by atoms with van der Waals surface area (Å²) in [4.78, 5) is 1.87. The lowest BCUT2D eigenvalue weighted by Crippen LogP contribution is -2.44. The quantitative estimate of drug-likeness (QED) is 0.642. The highest BCUT2D eigenvalue weighted by Gasteiger charge is 2.42. The van der Waals surface area contributed by atoms with Gasteiger partial charge in [-0.3, -0.25) is 0 Å². The van der Waals surface area contributed by atoms with Gasteiger partial charge in [-0.1, -0.05) is 23.2 Å². The molecule has 2 atom stereocenters. The molecule has 1 aliphatic carbocycles. The number of rotatable bonds is 5. The van der Waals surface area contributed by atoms with Crippen molar-refractivity contribution in [1.82, 2.24) is 9.62 Å². The Hall–Kier alpha value is -0.0600. The van der Waals surface area contributed by atoms with Crippen LogP contribution in [0, 0.1) is 5.92 Å². The molecule has 0 radical (unpaired) electrons. The summed E-state index contributed by atoms with van der Waals surface area (Å²) >= 11 is 12.6. The maximum absolute atomic E-state index is 12.8. The molecular formula is C16H21Cl2F3N2O2S2. The molecule has 2 fully saturated rings. The monoisotopic (exact) mass is 464 g/mol. The topological polar surface area (TPSA) is 49.4 Å². The van der Waals surface area contributed by atoms with E-state index < -0.39 is 27.0 Å². The van der Waals surface area contributed by atoms with Gasteiger partial charge in [0.2, 0.25) is 10.0 Å². The third-order valence-corrected chi connectivity index (χ3v) is 9.21. The van der Waals surface area contributed by atoms with Crippen LogP contribution in [-0.2, 0) is 10.0 Å². The zero-order valence-corrected chi connectivity index (χ0v) is 17.5. The fourth-order valence-corrected chi connectivity index (χ4v) is 6.76. The van der Waals surface area contributed by atoms with Gasteiger partial charge in [0.1, 0.15) is 9.05 Å². The van der Waals surface area contributed by atoms with E-state index in [2.05, 4.69) is 9.62 Å². The highest BCUT2D eigenvalue weighted by atomic mass is 35.5. The van der Waals surface area contributed by atoms with Crippen molar-refractivity contribution in [1.29, 1.82) is 0 Å². The SMILES string of the molecule is O=S(=O)(NC1CCC(N2CCC(C(F)(F)F)CC2)C1)c1ccc(C(Cl)Cl)s1. The third kappa shape index (κ3) is 5.30. The molecule has 1 aromatic heterocycles. The van der Waals surface area contributed by atoms with Crippen molar-refractivity contribution in [2.45, 2.75) is 59.4 Å². The van der Waals surface area contributed by atoms with E-state index >= 15 is 0 Å². The van der Waals surface area contributed by atoms with Crippen molar-refractivity contribution in [3.8, 4) is 0 Å².